The van der Waals surface area contributed by atoms with Gasteiger partial charge in [0, 0.05) is 19.0 Å². The third kappa shape index (κ3) is 4.05. The molecule has 0 spiro atoms. The van der Waals surface area contributed by atoms with Crippen molar-refractivity contribution in [1.82, 2.24) is 24.3 Å². The monoisotopic (exact) mass is 484 g/mol. The lowest BCUT2D eigenvalue weighted by Crippen LogP contribution is -2.26. The molecule has 1 atom stereocenters. The number of nitrogens with two attached hydrogens (primary N) is 1. The maximum absolute atomic E-state index is 14.8. The highest BCUT2D eigenvalue weighted by atomic mass is 19.1. The Hall–Kier alpha value is -4.40. The van der Waals surface area contributed by atoms with E-state index in [1.807, 2.05) is 0 Å². The fraction of sp³-hybridized carbons (Fsp3) is 0.304. The van der Waals surface area contributed by atoms with Crippen LogP contribution in [0.3, 0.4) is 0 Å². The maximum atomic E-state index is 14.8. The molecule has 1 amide bonds. The van der Waals surface area contributed by atoms with Crippen LogP contribution in [0, 0.1) is 23.5 Å². The van der Waals surface area contributed by atoms with E-state index in [9.17, 15) is 13.6 Å². The molecule has 0 bridgehead atoms. The van der Waals surface area contributed by atoms with Gasteiger partial charge in [0.25, 0.3) is 11.8 Å². The molecule has 2 N–H and O–H groups in total. The minimum Gasteiger partial charge on any atom is -0.481 e. The third-order valence-corrected chi connectivity index (χ3v) is 5.64. The predicted molar refractivity (Wildman–Crippen MR) is 121 cm³/mol. The summed E-state index contributed by atoms with van der Waals surface area (Å²) in [7, 11) is 3.84. The molecule has 1 fully saturated rings. The molecule has 1 aliphatic heterocycles. The van der Waals surface area contributed by atoms with E-state index in [0.717, 1.165) is 0 Å². The largest absolute Gasteiger partial charge is 0.481 e. The number of fused-ring (bicyclic) bond motifs is 1. The number of ether oxygens (including phenoxy) is 3. The second-order valence-corrected chi connectivity index (χ2v) is 7.55. The molecule has 0 saturated carbocycles. The van der Waals surface area contributed by atoms with Gasteiger partial charge in [0.15, 0.2) is 5.82 Å². The van der Waals surface area contributed by atoms with Gasteiger partial charge in [-0.3, -0.25) is 9.20 Å². The number of nitrogens with zero attached hydrogens (tertiary/aromatic N) is 5. The fourth-order valence-electron chi connectivity index (χ4n) is 3.95. The van der Waals surface area contributed by atoms with Gasteiger partial charge in [-0.15, -0.1) is 0 Å². The quantitative estimate of drug-likeness (QED) is 0.431. The number of nitrogen functional groups attached to an aromatic ring is 1. The number of aromatic nitrogens is 4. The Morgan fingerprint density at radius 2 is 1.86 bits per heavy atom. The first-order chi connectivity index (χ1) is 16.8. The lowest BCUT2D eigenvalue weighted by atomic mass is 10.1. The Morgan fingerprint density at radius 1 is 1.17 bits per heavy atom. The van der Waals surface area contributed by atoms with E-state index in [1.165, 1.54) is 33.6 Å². The van der Waals surface area contributed by atoms with Crippen LogP contribution in [0.4, 0.5) is 14.6 Å². The highest BCUT2D eigenvalue weighted by molar-refractivity contribution is 5.87. The van der Waals surface area contributed by atoms with Gasteiger partial charge >= 0.3 is 0 Å². The average molecular weight is 484 g/mol. The van der Waals surface area contributed by atoms with E-state index in [-0.39, 0.29) is 23.3 Å². The number of hydrogen-bond acceptors (Lipinski definition) is 8. The van der Waals surface area contributed by atoms with Gasteiger partial charge in [-0.25, -0.2) is 9.97 Å². The zero-order valence-corrected chi connectivity index (χ0v) is 19.3. The van der Waals surface area contributed by atoms with Gasteiger partial charge in [-0.2, -0.15) is 13.8 Å². The molecule has 35 heavy (non-hydrogen) atoms. The van der Waals surface area contributed by atoms with Crippen LogP contribution in [0.5, 0.6) is 17.6 Å². The summed E-state index contributed by atoms with van der Waals surface area (Å²) in [6.07, 6.45) is 3.31. The Morgan fingerprint density at radius 3 is 2.46 bits per heavy atom. The number of hydrogen-bond donors (Lipinski definition) is 1. The molecule has 12 heteroatoms. The summed E-state index contributed by atoms with van der Waals surface area (Å²) in [5.74, 6) is 2.66. The molecule has 3 aromatic rings. The Labute approximate surface area is 199 Å². The van der Waals surface area contributed by atoms with Crippen LogP contribution in [0.2, 0.25) is 0 Å². The van der Waals surface area contributed by atoms with Crippen LogP contribution in [0.25, 0.3) is 5.52 Å². The molecular weight excluding hydrogens is 462 g/mol. The van der Waals surface area contributed by atoms with Crippen LogP contribution in [0.1, 0.15) is 29.4 Å². The normalized spacial score (nSPS) is 15.0. The summed E-state index contributed by atoms with van der Waals surface area (Å²) in [5, 5.41) is 0. The second kappa shape index (κ2) is 9.46. The lowest BCUT2D eigenvalue weighted by molar-refractivity contribution is -0.125. The molecule has 10 nitrogen and oxygen atoms in total. The number of rotatable bonds is 5. The van der Waals surface area contributed by atoms with E-state index in [4.69, 9.17) is 19.9 Å². The number of imidazole rings is 1. The van der Waals surface area contributed by atoms with Gasteiger partial charge < -0.3 is 24.8 Å². The fourth-order valence-corrected chi connectivity index (χ4v) is 3.95. The molecule has 1 aliphatic rings. The summed E-state index contributed by atoms with van der Waals surface area (Å²) in [6.45, 7) is 4.44. The van der Waals surface area contributed by atoms with Crippen LogP contribution in [-0.4, -0.2) is 64.6 Å². The number of anilines is 1. The summed E-state index contributed by atoms with van der Waals surface area (Å²) < 4.78 is 46.3. The molecule has 3 aromatic heterocycles. The first kappa shape index (κ1) is 23.7. The van der Waals surface area contributed by atoms with Crippen molar-refractivity contribution in [1.29, 1.82) is 0 Å². The molecule has 0 aliphatic carbocycles. The van der Waals surface area contributed by atoms with Gasteiger partial charge in [-0.05, 0) is 18.4 Å². The van der Waals surface area contributed by atoms with Crippen molar-refractivity contribution < 1.29 is 27.8 Å². The summed E-state index contributed by atoms with van der Waals surface area (Å²) >= 11 is 0. The molecule has 1 saturated heterocycles. The zero-order chi connectivity index (χ0) is 25.3. The van der Waals surface area contributed by atoms with Crippen molar-refractivity contribution in [2.75, 3.05) is 40.2 Å². The number of amides is 1. The molecule has 4 rings (SSSR count). The molecule has 182 valence electrons. The van der Waals surface area contributed by atoms with E-state index < -0.39 is 29.0 Å². The van der Waals surface area contributed by atoms with Crippen molar-refractivity contribution in [2.45, 2.75) is 12.3 Å². The van der Waals surface area contributed by atoms with Crippen molar-refractivity contribution in [3.8, 4) is 29.5 Å². The van der Waals surface area contributed by atoms with Crippen molar-refractivity contribution >= 4 is 17.2 Å². The second-order valence-electron chi connectivity index (χ2n) is 7.55. The van der Waals surface area contributed by atoms with Crippen LogP contribution < -0.4 is 19.9 Å². The minimum atomic E-state index is -1.08. The standard InChI is InChI=1S/C23H22F2N6O4/c1-5-15(32)30-9-8-12(11-30)21-28-14(19-20(26)27-10-16(33-2)31(19)21)7-6-13-17(24)22(34-3)29-23(35-4)18(13)25/h5,10,12H,1,8-9,11H2,2-4H3,(H2,26,27). The predicted octanol–water partition coefficient (Wildman–Crippen LogP) is 1.91. The Kier molecular flexibility index (Phi) is 6.42. The molecule has 1 unspecified atom stereocenters. The highest BCUT2D eigenvalue weighted by Crippen LogP contribution is 2.33. The number of halogens is 2. The lowest BCUT2D eigenvalue weighted by Gasteiger charge is -2.14. The average Bonchev–Trinajstić information content (AvgIpc) is 3.50. The third-order valence-electron chi connectivity index (χ3n) is 5.64. The molecular formula is C23H22F2N6O4. The zero-order valence-electron chi connectivity index (χ0n) is 19.3. The van der Waals surface area contributed by atoms with Gasteiger partial charge in [0.2, 0.25) is 23.4 Å². The van der Waals surface area contributed by atoms with Crippen molar-refractivity contribution in [2.24, 2.45) is 0 Å². The van der Waals surface area contributed by atoms with Crippen molar-refractivity contribution in [3.63, 3.8) is 0 Å². The van der Waals surface area contributed by atoms with E-state index in [2.05, 4.69) is 33.4 Å². The maximum Gasteiger partial charge on any atom is 0.254 e. The molecule has 0 aromatic carbocycles. The SMILES string of the molecule is C=CC(=O)N1CCC(c2nc(C#Cc3c(F)c(OC)nc(OC)c3F)c3c(N)ncc(OC)n23)C1. The van der Waals surface area contributed by atoms with Crippen molar-refractivity contribution in [3.05, 3.63) is 47.6 Å². The van der Waals surface area contributed by atoms with Gasteiger partial charge in [0.05, 0.1) is 27.5 Å². The molecule has 4 heterocycles. The van der Waals surface area contributed by atoms with E-state index >= 15 is 0 Å². The number of pyridine rings is 1. The Balaban J connectivity index is 1.89. The number of carbonyl (C=O) groups is 1. The Bertz CT molecular complexity index is 1370. The first-order valence-corrected chi connectivity index (χ1v) is 10.5. The molecule has 0 radical (unpaired) electrons. The summed E-state index contributed by atoms with van der Waals surface area (Å²) in [5.41, 5.74) is 5.98. The minimum absolute atomic E-state index is 0.0942. The smallest absolute Gasteiger partial charge is 0.254 e. The van der Waals surface area contributed by atoms with Crippen LogP contribution >= 0.6 is 0 Å². The number of carbonyl (C=O) groups excluding carboxylic acids is 1. The topological polar surface area (TPSA) is 117 Å². The number of methoxy groups -OCH3 is 3. The van der Waals surface area contributed by atoms with Crippen LogP contribution in [-0.2, 0) is 4.79 Å². The summed E-state index contributed by atoms with van der Waals surface area (Å²) in [4.78, 5) is 26.1. The first-order valence-electron chi connectivity index (χ1n) is 10.5. The van der Waals surface area contributed by atoms with Crippen LogP contribution in [0.15, 0.2) is 18.9 Å². The summed E-state index contributed by atoms with van der Waals surface area (Å²) in [6, 6.07) is 0. The highest BCUT2D eigenvalue weighted by Gasteiger charge is 2.31. The van der Waals surface area contributed by atoms with Gasteiger partial charge in [0.1, 0.15) is 22.6 Å². The van der Waals surface area contributed by atoms with Gasteiger partial charge in [-0.1, -0.05) is 12.5 Å². The number of likely N-dealkylation sites (tertiary alicyclic amines) is 1. The van der Waals surface area contributed by atoms with E-state index in [1.54, 1.807) is 9.30 Å². The van der Waals surface area contributed by atoms with E-state index in [0.29, 0.717) is 36.7 Å².